The second-order valence-corrected chi connectivity index (χ2v) is 6.26. The molecule has 1 fully saturated rings. The first-order chi connectivity index (χ1) is 10.6. The Morgan fingerprint density at radius 2 is 2.00 bits per heavy atom. The molecule has 2 aromatic rings. The van der Waals surface area contributed by atoms with Crippen molar-refractivity contribution >= 4 is 22.4 Å². The van der Waals surface area contributed by atoms with E-state index in [1.165, 1.54) is 23.5 Å². The molecule has 0 spiro atoms. The molecule has 6 heteroatoms. The largest absolute Gasteiger partial charge is 0.301 e. The summed E-state index contributed by atoms with van der Waals surface area (Å²) >= 11 is 1.30. The summed E-state index contributed by atoms with van der Waals surface area (Å²) in [5.74, 6) is -0.572. The first-order valence-electron chi connectivity index (χ1n) is 7.07. The number of hydrogen-bond donors (Lipinski definition) is 1. The van der Waals surface area contributed by atoms with Crippen LogP contribution in [0.5, 0.6) is 0 Å². The van der Waals surface area contributed by atoms with E-state index in [2.05, 4.69) is 16.4 Å². The number of nitriles is 1. The van der Waals surface area contributed by atoms with Gasteiger partial charge in [0.05, 0.1) is 11.8 Å². The average Bonchev–Trinajstić information content (AvgIpc) is 3.17. The maximum atomic E-state index is 12.9. The van der Waals surface area contributed by atoms with E-state index in [4.69, 9.17) is 0 Å². The quantitative estimate of drug-likeness (QED) is 0.932. The zero-order valence-corrected chi connectivity index (χ0v) is 12.6. The van der Waals surface area contributed by atoms with Gasteiger partial charge in [-0.2, -0.15) is 5.26 Å². The number of aromatic nitrogens is 1. The van der Waals surface area contributed by atoms with Gasteiger partial charge in [-0.05, 0) is 37.1 Å². The normalized spacial score (nSPS) is 16.2. The van der Waals surface area contributed by atoms with Crippen molar-refractivity contribution in [1.82, 2.24) is 4.98 Å². The molecule has 3 rings (SSSR count). The molecule has 4 nitrogen and oxygen atoms in total. The van der Waals surface area contributed by atoms with Gasteiger partial charge in [-0.25, -0.2) is 9.37 Å². The van der Waals surface area contributed by atoms with Crippen molar-refractivity contribution in [3.63, 3.8) is 0 Å². The fourth-order valence-corrected chi connectivity index (χ4v) is 3.38. The van der Waals surface area contributed by atoms with Crippen LogP contribution in [0.2, 0.25) is 0 Å². The Labute approximate surface area is 131 Å². The number of nitrogens with zero attached hydrogens (tertiary/aromatic N) is 2. The van der Waals surface area contributed by atoms with E-state index in [-0.39, 0.29) is 11.7 Å². The lowest BCUT2D eigenvalue weighted by Gasteiger charge is -2.17. The molecule has 1 aromatic carbocycles. The van der Waals surface area contributed by atoms with Crippen LogP contribution in [0.15, 0.2) is 29.6 Å². The molecule has 1 heterocycles. The number of halogens is 1. The molecular formula is C16H14FN3OS. The van der Waals surface area contributed by atoms with Crippen molar-refractivity contribution in [3.05, 3.63) is 35.5 Å². The summed E-state index contributed by atoms with van der Waals surface area (Å²) in [7, 11) is 0. The minimum atomic E-state index is -0.915. The van der Waals surface area contributed by atoms with Crippen LogP contribution < -0.4 is 5.32 Å². The lowest BCUT2D eigenvalue weighted by molar-refractivity contribution is -0.122. The number of rotatable bonds is 3. The fourth-order valence-electron chi connectivity index (χ4n) is 2.67. The first-order valence-corrected chi connectivity index (χ1v) is 7.95. The molecule has 1 saturated carbocycles. The van der Waals surface area contributed by atoms with Gasteiger partial charge < -0.3 is 5.32 Å². The van der Waals surface area contributed by atoms with E-state index in [1.54, 1.807) is 17.5 Å². The summed E-state index contributed by atoms with van der Waals surface area (Å²) in [6.45, 7) is 0. The number of thiazole rings is 1. The fraction of sp³-hybridized carbons (Fsp3) is 0.312. The highest BCUT2D eigenvalue weighted by Gasteiger charge is 2.41. The second-order valence-electron chi connectivity index (χ2n) is 5.40. The maximum absolute atomic E-state index is 12.9. The molecule has 0 bridgehead atoms. The monoisotopic (exact) mass is 315 g/mol. The van der Waals surface area contributed by atoms with Crippen LogP contribution in [-0.4, -0.2) is 10.9 Å². The van der Waals surface area contributed by atoms with Crippen molar-refractivity contribution in [2.24, 2.45) is 5.41 Å². The standard InChI is InChI=1S/C16H14FN3OS/c17-12-5-3-11(4-6-12)13-9-22-15(19-13)20-14(21)16(10-18)7-1-2-8-16/h3-6,9H,1-2,7-8H2,(H,19,20,21). The van der Waals surface area contributed by atoms with Gasteiger partial charge in [-0.3, -0.25) is 4.79 Å². The van der Waals surface area contributed by atoms with Gasteiger partial charge in [0.15, 0.2) is 5.13 Å². The third-order valence-electron chi connectivity index (χ3n) is 3.97. The Morgan fingerprint density at radius 1 is 1.32 bits per heavy atom. The molecule has 22 heavy (non-hydrogen) atoms. The number of benzene rings is 1. The van der Waals surface area contributed by atoms with Gasteiger partial charge in [-0.15, -0.1) is 11.3 Å². The van der Waals surface area contributed by atoms with E-state index in [1.807, 2.05) is 0 Å². The number of anilines is 1. The van der Waals surface area contributed by atoms with Gasteiger partial charge in [-0.1, -0.05) is 12.8 Å². The minimum Gasteiger partial charge on any atom is -0.301 e. The van der Waals surface area contributed by atoms with E-state index >= 15 is 0 Å². The van der Waals surface area contributed by atoms with E-state index in [9.17, 15) is 14.4 Å². The van der Waals surface area contributed by atoms with E-state index < -0.39 is 5.41 Å². The van der Waals surface area contributed by atoms with Gasteiger partial charge in [0.2, 0.25) is 5.91 Å². The molecule has 1 aliphatic rings. The Kier molecular flexibility index (Phi) is 3.90. The molecule has 0 atom stereocenters. The first kappa shape index (κ1) is 14.7. The molecule has 0 saturated heterocycles. The van der Waals surface area contributed by atoms with Crippen LogP contribution in [0.3, 0.4) is 0 Å². The highest BCUT2D eigenvalue weighted by molar-refractivity contribution is 7.14. The molecule has 1 aliphatic carbocycles. The SMILES string of the molecule is N#CC1(C(=O)Nc2nc(-c3ccc(F)cc3)cs2)CCCC1. The molecular weight excluding hydrogens is 301 g/mol. The number of nitrogens with one attached hydrogen (secondary N) is 1. The van der Waals surface area contributed by atoms with Gasteiger partial charge >= 0.3 is 0 Å². The van der Waals surface area contributed by atoms with Crippen LogP contribution in [0.4, 0.5) is 9.52 Å². The van der Waals surface area contributed by atoms with Crippen molar-refractivity contribution in [3.8, 4) is 17.3 Å². The number of carbonyl (C=O) groups is 1. The topological polar surface area (TPSA) is 65.8 Å². The zero-order chi connectivity index (χ0) is 15.6. The van der Waals surface area contributed by atoms with Gasteiger partial charge in [0.25, 0.3) is 0 Å². The molecule has 1 aromatic heterocycles. The number of hydrogen-bond acceptors (Lipinski definition) is 4. The van der Waals surface area contributed by atoms with Crippen molar-refractivity contribution in [2.75, 3.05) is 5.32 Å². The van der Waals surface area contributed by atoms with Gasteiger partial charge in [0.1, 0.15) is 11.2 Å². The minimum absolute atomic E-state index is 0.271. The second kappa shape index (κ2) is 5.85. The Bertz CT molecular complexity index is 727. The molecule has 112 valence electrons. The maximum Gasteiger partial charge on any atom is 0.246 e. The Morgan fingerprint density at radius 3 is 2.64 bits per heavy atom. The van der Waals surface area contributed by atoms with Crippen LogP contribution >= 0.6 is 11.3 Å². The Hall–Kier alpha value is -2.26. The third kappa shape index (κ3) is 2.72. The molecule has 1 amide bonds. The summed E-state index contributed by atoms with van der Waals surface area (Å²) in [5.41, 5.74) is 0.550. The summed E-state index contributed by atoms with van der Waals surface area (Å²) in [6, 6.07) is 8.19. The Balaban J connectivity index is 1.76. The molecule has 0 aliphatic heterocycles. The highest BCUT2D eigenvalue weighted by Crippen LogP contribution is 2.38. The number of amides is 1. The van der Waals surface area contributed by atoms with Crippen LogP contribution in [0.1, 0.15) is 25.7 Å². The van der Waals surface area contributed by atoms with Crippen molar-refractivity contribution < 1.29 is 9.18 Å². The summed E-state index contributed by atoms with van der Waals surface area (Å²) in [5, 5.41) is 14.3. The zero-order valence-electron chi connectivity index (χ0n) is 11.8. The average molecular weight is 315 g/mol. The smallest absolute Gasteiger partial charge is 0.246 e. The summed E-state index contributed by atoms with van der Waals surface area (Å²) < 4.78 is 12.9. The highest BCUT2D eigenvalue weighted by atomic mass is 32.1. The van der Waals surface area contributed by atoms with Crippen molar-refractivity contribution in [2.45, 2.75) is 25.7 Å². The lowest BCUT2D eigenvalue weighted by atomic mass is 9.87. The van der Waals surface area contributed by atoms with Crippen LogP contribution in [0, 0.1) is 22.6 Å². The van der Waals surface area contributed by atoms with E-state index in [0.717, 1.165) is 18.4 Å². The predicted octanol–water partition coefficient (Wildman–Crippen LogP) is 3.97. The third-order valence-corrected chi connectivity index (χ3v) is 4.73. The number of carbonyl (C=O) groups excluding carboxylic acids is 1. The predicted molar refractivity (Wildman–Crippen MR) is 82.7 cm³/mol. The summed E-state index contributed by atoms with van der Waals surface area (Å²) in [4.78, 5) is 16.7. The van der Waals surface area contributed by atoms with Crippen molar-refractivity contribution in [1.29, 1.82) is 5.26 Å². The molecule has 1 N–H and O–H groups in total. The lowest BCUT2D eigenvalue weighted by Crippen LogP contribution is -2.32. The van der Waals surface area contributed by atoms with Crippen LogP contribution in [-0.2, 0) is 4.79 Å². The molecule has 0 unspecified atom stereocenters. The van der Waals surface area contributed by atoms with E-state index in [0.29, 0.717) is 23.7 Å². The molecule has 0 radical (unpaired) electrons. The van der Waals surface area contributed by atoms with Gasteiger partial charge in [0, 0.05) is 10.9 Å². The van der Waals surface area contributed by atoms with Crippen LogP contribution in [0.25, 0.3) is 11.3 Å². The summed E-state index contributed by atoms with van der Waals surface area (Å²) in [6.07, 6.45) is 3.01.